The molecule has 3 rings (SSSR count). The highest BCUT2D eigenvalue weighted by Gasteiger charge is 2.13. The maximum atomic E-state index is 12.2. The first kappa shape index (κ1) is 19.1. The maximum Gasteiger partial charge on any atom is 0.323 e. The van der Waals surface area contributed by atoms with E-state index < -0.39 is 0 Å². The monoisotopic (exact) mass is 448 g/mol. The summed E-state index contributed by atoms with van der Waals surface area (Å²) >= 11 is 4.67. The van der Waals surface area contributed by atoms with E-state index in [1.165, 1.54) is 18.4 Å². The van der Waals surface area contributed by atoms with Crippen molar-refractivity contribution in [3.8, 4) is 5.75 Å². The Bertz CT molecular complexity index is 988. The molecule has 0 fully saturated rings. The predicted molar refractivity (Wildman–Crippen MR) is 112 cm³/mol. The van der Waals surface area contributed by atoms with Crippen LogP contribution in [0.3, 0.4) is 0 Å². The molecule has 0 saturated carbocycles. The number of amides is 3. The molecule has 0 aliphatic heterocycles. The molecule has 0 unspecified atom stereocenters. The van der Waals surface area contributed by atoms with Crippen LogP contribution in [-0.2, 0) is 4.79 Å². The number of aromatic nitrogens is 1. The lowest BCUT2D eigenvalue weighted by molar-refractivity contribution is -0.115. The third-order valence-electron chi connectivity index (χ3n) is 3.61. The minimum Gasteiger partial charge on any atom is -0.494 e. The van der Waals surface area contributed by atoms with Crippen LogP contribution in [-0.4, -0.2) is 24.0 Å². The molecule has 27 heavy (non-hydrogen) atoms. The van der Waals surface area contributed by atoms with Gasteiger partial charge in [-0.1, -0.05) is 34.2 Å². The molecule has 3 N–H and O–H groups in total. The predicted octanol–water partition coefficient (Wildman–Crippen LogP) is 5.06. The number of ether oxygens (including phenoxy) is 1. The average molecular weight is 449 g/mol. The van der Waals surface area contributed by atoms with Gasteiger partial charge in [-0.2, -0.15) is 0 Å². The molecule has 0 bridgehead atoms. The van der Waals surface area contributed by atoms with Crippen molar-refractivity contribution >= 4 is 65.9 Å². The van der Waals surface area contributed by atoms with Crippen molar-refractivity contribution in [2.24, 2.45) is 0 Å². The maximum absolute atomic E-state index is 12.2. The lowest BCUT2D eigenvalue weighted by atomic mass is 10.2. The van der Waals surface area contributed by atoms with Gasteiger partial charge < -0.3 is 20.7 Å². The third kappa shape index (κ3) is 4.75. The minimum absolute atomic E-state index is 0.111. The molecule has 1 aromatic heterocycles. The van der Waals surface area contributed by atoms with Crippen molar-refractivity contribution < 1.29 is 14.3 Å². The zero-order valence-corrected chi connectivity index (χ0v) is 17.0. The molecule has 0 spiro atoms. The molecule has 7 nitrogen and oxygen atoms in total. The topological polar surface area (TPSA) is 92.3 Å². The fourth-order valence-electron chi connectivity index (χ4n) is 2.31. The van der Waals surface area contributed by atoms with Crippen LogP contribution in [0.4, 0.5) is 21.3 Å². The summed E-state index contributed by atoms with van der Waals surface area (Å²) in [6.07, 6.45) is 0.371. The van der Waals surface area contributed by atoms with Crippen molar-refractivity contribution in [3.05, 3.63) is 40.9 Å². The van der Waals surface area contributed by atoms with Gasteiger partial charge in [-0.15, -0.1) is 0 Å². The number of carbonyl (C=O) groups excluding carboxylic acids is 2. The Morgan fingerprint density at radius 1 is 1.11 bits per heavy atom. The number of thiazole rings is 1. The van der Waals surface area contributed by atoms with Gasteiger partial charge in [-0.3, -0.25) is 4.79 Å². The van der Waals surface area contributed by atoms with Gasteiger partial charge in [-0.05, 0) is 30.3 Å². The van der Waals surface area contributed by atoms with E-state index in [1.54, 1.807) is 31.2 Å². The highest BCUT2D eigenvalue weighted by atomic mass is 79.9. The van der Waals surface area contributed by atoms with Gasteiger partial charge in [-0.25, -0.2) is 9.78 Å². The quantitative estimate of drug-likeness (QED) is 0.508. The van der Waals surface area contributed by atoms with Gasteiger partial charge in [0.2, 0.25) is 5.91 Å². The number of benzene rings is 2. The third-order valence-corrected chi connectivity index (χ3v) is 5.05. The van der Waals surface area contributed by atoms with Crippen molar-refractivity contribution in [2.45, 2.75) is 13.3 Å². The number of halogens is 1. The normalized spacial score (nSPS) is 10.5. The van der Waals surface area contributed by atoms with E-state index in [2.05, 4.69) is 36.9 Å². The summed E-state index contributed by atoms with van der Waals surface area (Å²) in [6.45, 7) is 1.77. The number of carbonyl (C=O) groups is 2. The minimum atomic E-state index is -0.372. The van der Waals surface area contributed by atoms with E-state index in [4.69, 9.17) is 4.74 Å². The molecule has 1 heterocycles. The van der Waals surface area contributed by atoms with Gasteiger partial charge in [0.25, 0.3) is 0 Å². The number of nitrogens with one attached hydrogen (secondary N) is 3. The standard InChI is InChI=1S/C18H17BrN4O3S/c1-3-15(24)22-18-23-16-13(26-2)8-12(9-14(16)27-18)21-17(25)20-11-6-4-10(19)5-7-11/h4-9H,3H2,1-2H3,(H2,20,21,25)(H,22,23,24). The van der Waals surface area contributed by atoms with Gasteiger partial charge >= 0.3 is 6.03 Å². The molecule has 9 heteroatoms. The summed E-state index contributed by atoms with van der Waals surface area (Å²) in [4.78, 5) is 28.2. The van der Waals surface area contributed by atoms with Crippen molar-refractivity contribution in [1.82, 2.24) is 4.98 Å². The Kier molecular flexibility index (Phi) is 5.92. The molecule has 0 radical (unpaired) electrons. The van der Waals surface area contributed by atoms with Gasteiger partial charge in [0.15, 0.2) is 5.13 Å². The lowest BCUT2D eigenvalue weighted by Gasteiger charge is -2.09. The number of anilines is 3. The summed E-state index contributed by atoms with van der Waals surface area (Å²) in [6, 6.07) is 10.4. The Morgan fingerprint density at radius 2 is 1.81 bits per heavy atom. The molecule has 0 aliphatic carbocycles. The Balaban J connectivity index is 1.80. The zero-order valence-electron chi connectivity index (χ0n) is 14.6. The molecule has 3 aromatic rings. The summed E-state index contributed by atoms with van der Waals surface area (Å²) in [5.74, 6) is 0.403. The average Bonchev–Trinajstić information content (AvgIpc) is 3.04. The molecular weight excluding hydrogens is 432 g/mol. The summed E-state index contributed by atoms with van der Waals surface area (Å²) < 4.78 is 7.10. The van der Waals surface area contributed by atoms with E-state index in [0.29, 0.717) is 34.2 Å². The van der Waals surface area contributed by atoms with Gasteiger partial charge in [0.05, 0.1) is 11.8 Å². The van der Waals surface area contributed by atoms with Gasteiger partial charge in [0, 0.05) is 28.3 Å². The van der Waals surface area contributed by atoms with Crippen molar-refractivity contribution in [2.75, 3.05) is 23.1 Å². The SMILES string of the molecule is CCC(=O)Nc1nc2c(OC)cc(NC(=O)Nc3ccc(Br)cc3)cc2s1. The fourth-order valence-corrected chi connectivity index (χ4v) is 3.52. The van der Waals surface area contributed by atoms with Crippen LogP contribution >= 0.6 is 27.3 Å². The second kappa shape index (κ2) is 8.36. The second-order valence-electron chi connectivity index (χ2n) is 5.53. The summed E-state index contributed by atoms with van der Waals surface area (Å²) in [5, 5.41) is 8.78. The molecule has 0 aliphatic rings. The molecule has 0 saturated heterocycles. The Morgan fingerprint density at radius 3 is 2.48 bits per heavy atom. The highest BCUT2D eigenvalue weighted by molar-refractivity contribution is 9.10. The van der Waals surface area contributed by atoms with E-state index in [0.717, 1.165) is 9.17 Å². The smallest absolute Gasteiger partial charge is 0.323 e. The summed E-state index contributed by atoms with van der Waals surface area (Å²) in [7, 11) is 1.53. The van der Waals surface area contributed by atoms with Crippen LogP contribution in [0.5, 0.6) is 5.75 Å². The molecule has 140 valence electrons. The van der Waals surface area contributed by atoms with E-state index in [1.807, 2.05) is 12.1 Å². The first-order valence-electron chi connectivity index (χ1n) is 8.10. The largest absolute Gasteiger partial charge is 0.494 e. The van der Waals surface area contributed by atoms with Crippen LogP contribution in [0.1, 0.15) is 13.3 Å². The van der Waals surface area contributed by atoms with Crippen molar-refractivity contribution in [1.29, 1.82) is 0 Å². The number of urea groups is 1. The van der Waals surface area contributed by atoms with Gasteiger partial charge in [0.1, 0.15) is 11.3 Å². The van der Waals surface area contributed by atoms with Crippen LogP contribution < -0.4 is 20.7 Å². The van der Waals surface area contributed by atoms with Crippen LogP contribution in [0.25, 0.3) is 10.2 Å². The zero-order chi connectivity index (χ0) is 19.4. The number of fused-ring (bicyclic) bond motifs is 1. The first-order chi connectivity index (χ1) is 13.0. The first-order valence-corrected chi connectivity index (χ1v) is 9.71. The Labute approximate surface area is 168 Å². The number of methoxy groups -OCH3 is 1. The second-order valence-corrected chi connectivity index (χ2v) is 7.48. The van der Waals surface area contributed by atoms with E-state index in [-0.39, 0.29) is 11.9 Å². The van der Waals surface area contributed by atoms with Crippen LogP contribution in [0, 0.1) is 0 Å². The van der Waals surface area contributed by atoms with E-state index in [9.17, 15) is 9.59 Å². The van der Waals surface area contributed by atoms with E-state index >= 15 is 0 Å². The van der Waals surface area contributed by atoms with Crippen LogP contribution in [0.15, 0.2) is 40.9 Å². The highest BCUT2D eigenvalue weighted by Crippen LogP contribution is 2.35. The fraction of sp³-hybridized carbons (Fsp3) is 0.167. The summed E-state index contributed by atoms with van der Waals surface area (Å²) in [5.41, 5.74) is 1.87. The molecule has 2 aromatic carbocycles. The number of hydrogen-bond donors (Lipinski definition) is 3. The Hall–Kier alpha value is -2.65. The van der Waals surface area contributed by atoms with Crippen LogP contribution in [0.2, 0.25) is 0 Å². The molecule has 0 atom stereocenters. The van der Waals surface area contributed by atoms with Crippen molar-refractivity contribution in [3.63, 3.8) is 0 Å². The number of hydrogen-bond acceptors (Lipinski definition) is 5. The number of rotatable bonds is 5. The number of nitrogens with zero attached hydrogens (tertiary/aromatic N) is 1. The lowest BCUT2D eigenvalue weighted by Crippen LogP contribution is -2.19. The molecular formula is C18H17BrN4O3S. The molecule has 3 amide bonds.